The van der Waals surface area contributed by atoms with Crippen molar-refractivity contribution in [3.05, 3.63) is 0 Å². The maximum Gasteiger partial charge on any atom is 0.194 e. The van der Waals surface area contributed by atoms with E-state index in [-0.39, 0.29) is 37.0 Å². The molecule has 7 heteroatoms. The maximum atomic E-state index is 7.99. The van der Waals surface area contributed by atoms with Crippen molar-refractivity contribution in [3.8, 4) is 12.1 Å². The molecule has 0 aromatic heterocycles. The average Bonchev–Trinajstić information content (AvgIpc) is 2.05. The van der Waals surface area contributed by atoms with Crippen LogP contribution in [0.3, 0.4) is 0 Å². The van der Waals surface area contributed by atoms with Crippen LogP contribution in [0.2, 0.25) is 0 Å². The third kappa shape index (κ3) is 24.5. The highest BCUT2D eigenvalue weighted by atomic mass is 35.5. The quantitative estimate of drug-likeness (QED) is 0.497. The van der Waals surface area contributed by atoms with E-state index in [4.69, 9.17) is 27.1 Å². The van der Waals surface area contributed by atoms with Crippen LogP contribution in [-0.4, -0.2) is 18.3 Å². The number of nitriles is 2. The van der Waals surface area contributed by atoms with Crippen molar-refractivity contribution in [2.45, 2.75) is 19.8 Å². The first kappa shape index (κ1) is 18.9. The van der Waals surface area contributed by atoms with Crippen LogP contribution < -0.4 is 5.73 Å². The average molecular weight is 232 g/mol. The molecule has 0 aromatic rings. The number of amidine groups is 1. The second-order valence-electron chi connectivity index (χ2n) is 2.05. The number of ether oxygens (including phenoxy) is 1. The van der Waals surface area contributed by atoms with Gasteiger partial charge < -0.3 is 10.5 Å². The summed E-state index contributed by atoms with van der Waals surface area (Å²) in [6, 6.07) is 3.52. The van der Waals surface area contributed by atoms with Gasteiger partial charge in [0.2, 0.25) is 0 Å². The molecule has 0 saturated carbocycles. The van der Waals surface area contributed by atoms with E-state index in [1.165, 1.54) is 0 Å². The smallest absolute Gasteiger partial charge is 0.194 e. The number of rotatable bonds is 3. The normalized spacial score (nSPS) is 6.60. The highest BCUT2D eigenvalue weighted by Crippen LogP contribution is 1.82. The van der Waals surface area contributed by atoms with Gasteiger partial charge in [0.15, 0.2) is 5.90 Å². The first-order valence-electron chi connectivity index (χ1n) is 3.85. The van der Waals surface area contributed by atoms with Gasteiger partial charge in [-0.25, -0.2) is 0 Å². The van der Waals surface area contributed by atoms with Crippen molar-refractivity contribution < 1.29 is 4.74 Å². The Kier molecular flexibility index (Phi) is 18.5. The molecule has 15 heavy (non-hydrogen) atoms. The molecule has 0 spiro atoms. The lowest BCUT2D eigenvalue weighted by Gasteiger charge is -1.96. The van der Waals surface area contributed by atoms with Crippen molar-refractivity contribution in [3.63, 3.8) is 0 Å². The fourth-order valence-corrected chi connectivity index (χ4v) is 0.382. The van der Waals surface area contributed by atoms with E-state index < -0.39 is 0 Å². The van der Waals surface area contributed by atoms with E-state index in [9.17, 15) is 0 Å². The zero-order valence-electron chi connectivity index (χ0n) is 8.41. The van der Waals surface area contributed by atoms with Gasteiger partial charge >= 0.3 is 0 Å². The Hall–Kier alpha value is -1.79. The van der Waals surface area contributed by atoms with E-state index >= 15 is 0 Å². The Morgan fingerprint density at radius 2 is 1.73 bits per heavy atom. The highest BCUT2D eigenvalue weighted by Gasteiger charge is 1.90. The number of hydrogen-bond acceptors (Lipinski definition) is 5. The van der Waals surface area contributed by atoms with Gasteiger partial charge in [-0.1, -0.05) is 0 Å². The zero-order chi connectivity index (χ0) is 11.4. The highest BCUT2D eigenvalue weighted by molar-refractivity contribution is 5.85. The molecule has 0 atom stereocenters. The predicted molar refractivity (Wildman–Crippen MR) is 59.0 cm³/mol. The minimum atomic E-state index is -0.0718. The molecule has 0 aliphatic carbocycles. The van der Waals surface area contributed by atoms with Gasteiger partial charge in [0.05, 0.1) is 25.2 Å². The number of nitrogens with zero attached hydrogens (tertiary/aromatic N) is 2. The molecule has 0 bridgehead atoms. The maximum absolute atomic E-state index is 7.99. The minimum Gasteiger partial charge on any atom is -0.481 e. The predicted octanol–water partition coefficient (Wildman–Crippen LogP) is 1.17. The Bertz CT molecular complexity index is 265. The lowest BCUT2D eigenvalue weighted by Crippen LogP contribution is -2.06. The topological polar surface area (TPSA) is 131 Å². The molecule has 0 saturated heterocycles. The molecule has 0 fully saturated rings. The van der Waals surface area contributed by atoms with E-state index in [1.807, 2.05) is 0 Å². The summed E-state index contributed by atoms with van der Waals surface area (Å²) in [4.78, 5) is 0. The summed E-state index contributed by atoms with van der Waals surface area (Å²) in [5.41, 5.74) is 4.76. The van der Waals surface area contributed by atoms with E-state index in [0.29, 0.717) is 6.61 Å². The number of nitrogens with one attached hydrogen (secondary N) is 2. The van der Waals surface area contributed by atoms with Crippen molar-refractivity contribution in [1.82, 2.24) is 0 Å². The molecular weight excluding hydrogens is 218 g/mol. The SMILES string of the molecule is CCOC(=N)CC#N.Cl.N#CCC(=N)N. The lowest BCUT2D eigenvalue weighted by atomic mass is 10.5. The summed E-state index contributed by atoms with van der Waals surface area (Å²) in [5.74, 6) is -0.0208. The molecule has 6 nitrogen and oxygen atoms in total. The first-order valence-corrected chi connectivity index (χ1v) is 3.85. The van der Waals surface area contributed by atoms with E-state index in [2.05, 4.69) is 4.74 Å². The van der Waals surface area contributed by atoms with Gasteiger partial charge in [0.25, 0.3) is 0 Å². The van der Waals surface area contributed by atoms with Crippen molar-refractivity contribution in [2.75, 3.05) is 6.61 Å². The second kappa shape index (κ2) is 14.7. The molecular formula is C8H14ClN5O. The van der Waals surface area contributed by atoms with Crippen LogP contribution in [0.4, 0.5) is 0 Å². The molecule has 0 aromatic carbocycles. The summed E-state index contributed by atoms with van der Waals surface area (Å²) in [5, 5.41) is 29.1. The van der Waals surface area contributed by atoms with Crippen LogP contribution in [0.25, 0.3) is 0 Å². The van der Waals surface area contributed by atoms with Gasteiger partial charge in [0, 0.05) is 0 Å². The number of nitrogens with two attached hydrogens (primary N) is 1. The molecule has 0 unspecified atom stereocenters. The molecule has 0 aliphatic rings. The third-order valence-electron chi connectivity index (χ3n) is 0.828. The van der Waals surface area contributed by atoms with Crippen molar-refractivity contribution in [2.24, 2.45) is 5.73 Å². The minimum absolute atomic E-state index is 0. The molecule has 0 rings (SSSR count). The van der Waals surface area contributed by atoms with E-state index in [1.54, 1.807) is 19.1 Å². The lowest BCUT2D eigenvalue weighted by molar-refractivity contribution is 0.318. The number of hydrogen-bond donors (Lipinski definition) is 3. The van der Waals surface area contributed by atoms with Gasteiger partial charge in [-0.05, 0) is 6.92 Å². The van der Waals surface area contributed by atoms with Gasteiger partial charge in [-0.15, -0.1) is 12.4 Å². The molecule has 84 valence electrons. The van der Waals surface area contributed by atoms with Gasteiger partial charge in [-0.2, -0.15) is 10.5 Å². The molecule has 0 aliphatic heterocycles. The standard InChI is InChI=1S/C5H8N2O.C3H5N3.ClH/c1-2-8-5(7)3-4-6;4-2-1-3(5)6;/h7H,2-3H2,1H3;1H2,(H3,5,6);1H. The Morgan fingerprint density at radius 3 is 1.93 bits per heavy atom. The molecule has 0 amide bonds. The van der Waals surface area contributed by atoms with Gasteiger partial charge in [0.1, 0.15) is 12.3 Å². The third-order valence-corrected chi connectivity index (χ3v) is 0.828. The molecule has 0 heterocycles. The van der Waals surface area contributed by atoms with Crippen molar-refractivity contribution in [1.29, 1.82) is 21.3 Å². The fraction of sp³-hybridized carbons (Fsp3) is 0.500. The van der Waals surface area contributed by atoms with Crippen LogP contribution >= 0.6 is 12.4 Å². The van der Waals surface area contributed by atoms with Crippen LogP contribution in [-0.2, 0) is 4.74 Å². The molecule has 0 radical (unpaired) electrons. The number of halogens is 1. The summed E-state index contributed by atoms with van der Waals surface area (Å²) < 4.78 is 4.64. The van der Waals surface area contributed by atoms with Crippen molar-refractivity contribution >= 4 is 24.1 Å². The summed E-state index contributed by atoms with van der Waals surface area (Å²) >= 11 is 0. The molecule has 4 N–H and O–H groups in total. The van der Waals surface area contributed by atoms with Crippen LogP contribution in [0.15, 0.2) is 0 Å². The second-order valence-corrected chi connectivity index (χ2v) is 2.05. The summed E-state index contributed by atoms with van der Waals surface area (Å²) in [6.07, 6.45) is 0.119. The first-order chi connectivity index (χ1) is 6.58. The summed E-state index contributed by atoms with van der Waals surface area (Å²) in [7, 11) is 0. The van der Waals surface area contributed by atoms with Crippen LogP contribution in [0.5, 0.6) is 0 Å². The monoisotopic (exact) mass is 231 g/mol. The largest absolute Gasteiger partial charge is 0.481 e. The Labute approximate surface area is 95.1 Å². The van der Waals surface area contributed by atoms with Gasteiger partial charge in [-0.3, -0.25) is 10.8 Å². The Morgan fingerprint density at radius 1 is 1.27 bits per heavy atom. The fourth-order valence-electron chi connectivity index (χ4n) is 0.382. The summed E-state index contributed by atoms with van der Waals surface area (Å²) in [6.45, 7) is 2.26. The Balaban J connectivity index is -0.000000187. The van der Waals surface area contributed by atoms with E-state index in [0.717, 1.165) is 0 Å². The van der Waals surface area contributed by atoms with Crippen LogP contribution in [0.1, 0.15) is 19.8 Å². The zero-order valence-corrected chi connectivity index (χ0v) is 9.23. The van der Waals surface area contributed by atoms with Crippen LogP contribution in [0, 0.1) is 33.5 Å².